The van der Waals surface area contributed by atoms with Crippen LogP contribution in [0.1, 0.15) is 120 Å². The van der Waals surface area contributed by atoms with Crippen LogP contribution in [0.15, 0.2) is 95.9 Å². The van der Waals surface area contributed by atoms with Crippen LogP contribution in [0.25, 0.3) is 0 Å². The van der Waals surface area contributed by atoms with Gasteiger partial charge in [-0.3, -0.25) is 19.7 Å². The highest BCUT2D eigenvalue weighted by atomic mass is 32.2. The van der Waals surface area contributed by atoms with Gasteiger partial charge < -0.3 is 23.8 Å². The first-order valence-corrected chi connectivity index (χ1v) is 30.8. The van der Waals surface area contributed by atoms with Crippen LogP contribution in [-0.2, 0) is 41.5 Å². The lowest BCUT2D eigenvalue weighted by atomic mass is 10.0. The van der Waals surface area contributed by atoms with Crippen molar-refractivity contribution in [3.8, 4) is 5.75 Å². The van der Waals surface area contributed by atoms with Gasteiger partial charge in [0, 0.05) is 45.0 Å². The van der Waals surface area contributed by atoms with Crippen molar-refractivity contribution in [2.24, 2.45) is 0 Å². The zero-order valence-electron chi connectivity index (χ0n) is 43.5. The van der Waals surface area contributed by atoms with Crippen molar-refractivity contribution in [1.29, 1.82) is 0 Å². The average Bonchev–Trinajstić information content (AvgIpc) is 3.32. The molecular formula is C53H82N4O9SSi2. The van der Waals surface area contributed by atoms with Gasteiger partial charge in [0.25, 0.3) is 5.69 Å². The van der Waals surface area contributed by atoms with Crippen molar-refractivity contribution in [2.45, 2.75) is 172 Å². The normalized spacial score (nSPS) is 17.5. The van der Waals surface area contributed by atoms with Crippen molar-refractivity contribution in [1.82, 2.24) is 14.5 Å². The number of nitro benzene ring substituents is 1. The van der Waals surface area contributed by atoms with Crippen LogP contribution in [0, 0.1) is 10.1 Å². The van der Waals surface area contributed by atoms with Gasteiger partial charge in [-0.15, -0.1) is 0 Å². The third kappa shape index (κ3) is 14.7. The minimum Gasteiger partial charge on any atom is -0.489 e. The van der Waals surface area contributed by atoms with Crippen LogP contribution in [0.5, 0.6) is 5.75 Å². The van der Waals surface area contributed by atoms with E-state index in [9.17, 15) is 23.3 Å². The van der Waals surface area contributed by atoms with Crippen LogP contribution >= 0.6 is 0 Å². The molecule has 3 aromatic rings. The number of ether oxygens (including phenoxy) is 1. The summed E-state index contributed by atoms with van der Waals surface area (Å²) in [6, 6.07) is 20.9. The van der Waals surface area contributed by atoms with Crippen LogP contribution < -0.4 is 10.1 Å². The number of benzene rings is 3. The maximum Gasteiger partial charge on any atom is 0.289 e. The molecular weight excluding hydrogens is 925 g/mol. The SMILES string of the molecule is CC(C)[Si](OCCC[C@@H]1CN(S(=O)(=O)c2ccccc2[N+](=O)[O-])C/C=C/CN(C(=O)Cc2ccc(OCc3ccccc3)cc2)[C@@H](CCCO[Si](C(C)C)(C(C)C)C(C)C)C(=O)N1)(C(C)C)C(C)C. The van der Waals surface area contributed by atoms with Gasteiger partial charge in [0.1, 0.15) is 18.4 Å². The van der Waals surface area contributed by atoms with Crippen LogP contribution in [0.4, 0.5) is 5.69 Å². The van der Waals surface area contributed by atoms with Crippen molar-refractivity contribution in [2.75, 3.05) is 32.8 Å². The number of sulfonamides is 1. The van der Waals surface area contributed by atoms with Gasteiger partial charge in [-0.2, -0.15) is 4.31 Å². The van der Waals surface area contributed by atoms with E-state index in [2.05, 4.69) is 88.4 Å². The molecule has 16 heteroatoms. The largest absolute Gasteiger partial charge is 0.489 e. The molecule has 0 bridgehead atoms. The van der Waals surface area contributed by atoms with Crippen molar-refractivity contribution in [3.05, 3.63) is 112 Å². The zero-order chi connectivity index (χ0) is 51.1. The molecule has 0 aliphatic carbocycles. The predicted octanol–water partition coefficient (Wildman–Crippen LogP) is 11.6. The average molecular weight is 1010 g/mol. The molecule has 382 valence electrons. The maximum absolute atomic E-state index is 15.0. The summed E-state index contributed by atoms with van der Waals surface area (Å²) in [5.41, 5.74) is 3.43. The summed E-state index contributed by atoms with van der Waals surface area (Å²) in [6.45, 7) is 27.8. The lowest BCUT2D eigenvalue weighted by Crippen LogP contribution is -2.54. The highest BCUT2D eigenvalue weighted by Gasteiger charge is 2.46. The van der Waals surface area contributed by atoms with Crippen molar-refractivity contribution >= 4 is 44.2 Å². The highest BCUT2D eigenvalue weighted by Crippen LogP contribution is 2.43. The summed E-state index contributed by atoms with van der Waals surface area (Å²) in [7, 11) is -8.93. The molecule has 0 aromatic heterocycles. The third-order valence-corrected chi connectivity index (χ3v) is 28.3. The quantitative estimate of drug-likeness (QED) is 0.0303. The Labute approximate surface area is 416 Å². The predicted molar refractivity (Wildman–Crippen MR) is 282 cm³/mol. The number of amides is 2. The topological polar surface area (TPSA) is 158 Å². The van der Waals surface area contributed by atoms with Crippen molar-refractivity contribution < 1.29 is 36.5 Å². The van der Waals surface area contributed by atoms with E-state index in [-0.39, 0.29) is 32.0 Å². The highest BCUT2D eigenvalue weighted by molar-refractivity contribution is 7.89. The maximum atomic E-state index is 15.0. The minimum atomic E-state index is -4.45. The second-order valence-electron chi connectivity index (χ2n) is 20.5. The molecule has 69 heavy (non-hydrogen) atoms. The number of carbonyl (C=O) groups is 2. The summed E-state index contributed by atoms with van der Waals surface area (Å²) >= 11 is 0. The molecule has 13 nitrogen and oxygen atoms in total. The van der Waals surface area contributed by atoms with E-state index < -0.39 is 60.2 Å². The fourth-order valence-corrected chi connectivity index (χ4v) is 23.6. The molecule has 2 atom stereocenters. The van der Waals surface area contributed by atoms with Gasteiger partial charge in [-0.1, -0.05) is 150 Å². The molecule has 0 unspecified atom stereocenters. The fourth-order valence-electron chi connectivity index (χ4n) is 11.0. The van der Waals surface area contributed by atoms with E-state index in [1.807, 2.05) is 54.6 Å². The molecule has 0 saturated carbocycles. The molecule has 0 fully saturated rings. The summed E-state index contributed by atoms with van der Waals surface area (Å²) in [5.74, 6) is 0.00392. The van der Waals surface area contributed by atoms with E-state index in [0.29, 0.717) is 84.5 Å². The Morgan fingerprint density at radius 2 is 1.22 bits per heavy atom. The smallest absolute Gasteiger partial charge is 0.289 e. The van der Waals surface area contributed by atoms with E-state index in [1.165, 1.54) is 28.6 Å². The number of para-hydroxylation sites is 1. The van der Waals surface area contributed by atoms with Crippen LogP contribution in [0.3, 0.4) is 0 Å². The van der Waals surface area contributed by atoms with Crippen LogP contribution in [-0.4, -0.2) is 95.9 Å². The molecule has 1 heterocycles. The molecule has 1 aliphatic heterocycles. The first-order valence-electron chi connectivity index (χ1n) is 25.1. The number of nitrogens with zero attached hydrogens (tertiary/aromatic N) is 3. The van der Waals surface area contributed by atoms with Gasteiger partial charge in [-0.05, 0) is 88.3 Å². The molecule has 1 aliphatic rings. The van der Waals surface area contributed by atoms with Gasteiger partial charge in [0.05, 0.1) is 11.3 Å². The Kier molecular flexibility index (Phi) is 21.9. The Morgan fingerprint density at radius 1 is 0.710 bits per heavy atom. The summed E-state index contributed by atoms with van der Waals surface area (Å²) in [6.07, 6.45) is 5.13. The summed E-state index contributed by atoms with van der Waals surface area (Å²) in [5, 5.41) is 15.4. The van der Waals surface area contributed by atoms with Gasteiger partial charge >= 0.3 is 0 Å². The minimum absolute atomic E-state index is 0.0172. The molecule has 1 N–H and O–H groups in total. The Morgan fingerprint density at radius 3 is 1.75 bits per heavy atom. The summed E-state index contributed by atoms with van der Waals surface area (Å²) < 4.78 is 50.1. The number of hydrogen-bond acceptors (Lipinski definition) is 9. The number of nitro groups is 1. The molecule has 0 spiro atoms. The Balaban J connectivity index is 1.72. The fraction of sp³-hybridized carbons (Fsp3) is 0.585. The standard InChI is InChI=1S/C53H82N4O9SSi2/c1-39(2)68(40(3)4,41(5)6)65-34-20-24-47-37-55(67(62,63)51-27-17-16-25-49(51)57(60)61)32-18-19-33-56(50(53(59)54-47)26-21-35-66-69(42(7)8,43(9)10)44(11)12)52(58)36-45-28-30-48(31-29-45)64-38-46-22-14-13-15-23-46/h13-19,22-23,25,27-31,39-44,47,50H,20-21,24,26,32-38H2,1-12H3,(H,54,59)/b19-18+/t47-,50+/m1/s1. The van der Waals surface area contributed by atoms with E-state index >= 15 is 4.79 Å². The molecule has 0 saturated heterocycles. The number of carbonyl (C=O) groups excluding carboxylic acids is 2. The molecule has 0 radical (unpaired) electrons. The number of hydrogen-bond donors (Lipinski definition) is 1. The van der Waals surface area contributed by atoms with Gasteiger partial charge in [0.15, 0.2) is 21.5 Å². The van der Waals surface area contributed by atoms with Gasteiger partial charge in [0.2, 0.25) is 21.8 Å². The van der Waals surface area contributed by atoms with Crippen molar-refractivity contribution in [3.63, 3.8) is 0 Å². The van der Waals surface area contributed by atoms with Crippen LogP contribution in [0.2, 0.25) is 33.2 Å². The molecule has 3 aromatic carbocycles. The second kappa shape index (κ2) is 26.3. The molecule has 4 rings (SSSR count). The zero-order valence-corrected chi connectivity index (χ0v) is 46.3. The number of rotatable bonds is 24. The van der Waals surface area contributed by atoms with E-state index in [1.54, 1.807) is 17.1 Å². The number of nitrogens with one attached hydrogen (secondary N) is 1. The lowest BCUT2D eigenvalue weighted by Gasteiger charge is -2.42. The Hall–Kier alpha value is -4.20. The molecule has 2 amide bonds. The summed E-state index contributed by atoms with van der Waals surface area (Å²) in [4.78, 5) is 42.3. The first-order chi connectivity index (χ1) is 32.6. The van der Waals surface area contributed by atoms with Gasteiger partial charge in [-0.25, -0.2) is 8.42 Å². The Bertz CT molecular complexity index is 2190. The van der Waals surface area contributed by atoms with E-state index in [4.69, 9.17) is 13.6 Å². The first kappa shape index (κ1) is 57.4. The lowest BCUT2D eigenvalue weighted by molar-refractivity contribution is -0.387. The monoisotopic (exact) mass is 1010 g/mol. The van der Waals surface area contributed by atoms with E-state index in [0.717, 1.165) is 11.1 Å². The second-order valence-corrected chi connectivity index (χ2v) is 33.3. The third-order valence-electron chi connectivity index (χ3n) is 14.2.